The zero-order valence-corrected chi connectivity index (χ0v) is 12.6. The molecule has 0 spiro atoms. The molecule has 0 amide bonds. The third-order valence-electron chi connectivity index (χ3n) is 3.41. The Morgan fingerprint density at radius 2 is 1.95 bits per heavy atom. The Kier molecular flexibility index (Phi) is 6.26. The Labute approximate surface area is 115 Å². The lowest BCUT2D eigenvalue weighted by Crippen LogP contribution is -2.24. The van der Waals surface area contributed by atoms with Gasteiger partial charge in [0.2, 0.25) is 0 Å². The van der Waals surface area contributed by atoms with Crippen LogP contribution in [-0.4, -0.2) is 46.2 Å². The van der Waals surface area contributed by atoms with Crippen molar-refractivity contribution in [3.8, 4) is 0 Å². The van der Waals surface area contributed by atoms with Crippen molar-refractivity contribution < 1.29 is 22.7 Å². The lowest BCUT2D eigenvalue weighted by atomic mass is 10.1. The van der Waals surface area contributed by atoms with Gasteiger partial charge in [0.05, 0.1) is 31.6 Å². The number of sulfone groups is 1. The maximum absolute atomic E-state index is 12.0. The average molecular weight is 292 g/mol. The van der Waals surface area contributed by atoms with E-state index < -0.39 is 9.84 Å². The second kappa shape index (κ2) is 7.24. The predicted octanol–water partition coefficient (Wildman–Crippen LogP) is 1.56. The van der Waals surface area contributed by atoms with Gasteiger partial charge in [-0.25, -0.2) is 8.42 Å². The number of ether oxygens (including phenoxy) is 2. The van der Waals surface area contributed by atoms with Crippen LogP contribution < -0.4 is 0 Å². The molecule has 1 fully saturated rings. The van der Waals surface area contributed by atoms with Crippen molar-refractivity contribution >= 4 is 15.8 Å². The van der Waals surface area contributed by atoms with Crippen molar-refractivity contribution in [1.29, 1.82) is 0 Å². The van der Waals surface area contributed by atoms with Gasteiger partial charge < -0.3 is 9.47 Å². The van der Waals surface area contributed by atoms with E-state index in [4.69, 9.17) is 4.74 Å². The molecule has 5 nitrogen and oxygen atoms in total. The summed E-state index contributed by atoms with van der Waals surface area (Å²) in [5.41, 5.74) is -0.366. The fraction of sp³-hybridized carbons (Fsp3) is 0.923. The number of hydrogen-bond donors (Lipinski definition) is 0. The van der Waals surface area contributed by atoms with Gasteiger partial charge in [0, 0.05) is 6.61 Å². The fourth-order valence-corrected chi connectivity index (χ4v) is 3.84. The topological polar surface area (TPSA) is 69.7 Å². The molecule has 6 heteroatoms. The van der Waals surface area contributed by atoms with Crippen LogP contribution in [0, 0.1) is 5.41 Å². The van der Waals surface area contributed by atoms with E-state index in [0.29, 0.717) is 6.61 Å². The number of carbonyl (C=O) groups is 1. The second-order valence-electron chi connectivity index (χ2n) is 5.31. The van der Waals surface area contributed by atoms with E-state index in [1.165, 1.54) is 7.11 Å². The quantitative estimate of drug-likeness (QED) is 0.451. The summed E-state index contributed by atoms with van der Waals surface area (Å²) in [7, 11) is -1.82. The maximum atomic E-state index is 12.0. The summed E-state index contributed by atoms with van der Waals surface area (Å²) < 4.78 is 33.8. The molecule has 0 aromatic carbocycles. The van der Waals surface area contributed by atoms with Crippen LogP contribution in [0.15, 0.2) is 0 Å². The van der Waals surface area contributed by atoms with E-state index in [1.54, 1.807) is 0 Å². The van der Waals surface area contributed by atoms with E-state index in [0.717, 1.165) is 25.7 Å². The largest absolute Gasteiger partial charge is 0.469 e. The molecule has 112 valence electrons. The van der Waals surface area contributed by atoms with Crippen molar-refractivity contribution in [3.05, 3.63) is 0 Å². The van der Waals surface area contributed by atoms with Crippen molar-refractivity contribution in [2.24, 2.45) is 5.41 Å². The van der Waals surface area contributed by atoms with Gasteiger partial charge >= 0.3 is 5.97 Å². The highest BCUT2D eigenvalue weighted by atomic mass is 32.2. The molecule has 0 radical (unpaired) electrons. The summed E-state index contributed by atoms with van der Waals surface area (Å²) >= 11 is 0. The molecular formula is C13H24O5S. The van der Waals surface area contributed by atoms with Crippen molar-refractivity contribution in [2.75, 3.05) is 31.8 Å². The molecule has 0 unspecified atom stereocenters. The van der Waals surface area contributed by atoms with Crippen molar-refractivity contribution in [2.45, 2.75) is 39.0 Å². The van der Waals surface area contributed by atoms with Crippen LogP contribution in [0.1, 0.15) is 39.0 Å². The van der Waals surface area contributed by atoms with Gasteiger partial charge in [-0.05, 0) is 24.7 Å². The summed E-state index contributed by atoms with van der Waals surface area (Å²) in [6.07, 6.45) is 3.77. The van der Waals surface area contributed by atoms with Gasteiger partial charge in [0.1, 0.15) is 0 Å². The molecule has 0 N–H and O–H groups in total. The van der Waals surface area contributed by atoms with Crippen LogP contribution in [0.2, 0.25) is 0 Å². The number of hydrogen-bond acceptors (Lipinski definition) is 5. The zero-order chi connectivity index (χ0) is 14.4. The molecule has 0 bridgehead atoms. The molecule has 0 aromatic heterocycles. The first kappa shape index (κ1) is 16.4. The molecule has 1 aliphatic rings. The SMILES string of the molecule is CCCCOCCS(=O)(=O)CC1(CC(=O)OC)CC1. The van der Waals surface area contributed by atoms with E-state index in [2.05, 4.69) is 11.7 Å². The molecule has 1 rings (SSSR count). The molecular weight excluding hydrogens is 268 g/mol. The number of unbranched alkanes of at least 4 members (excludes halogenated alkanes) is 1. The molecule has 0 atom stereocenters. The first-order valence-corrected chi connectivity index (χ1v) is 8.60. The minimum Gasteiger partial charge on any atom is -0.469 e. The van der Waals surface area contributed by atoms with E-state index in [-0.39, 0.29) is 35.9 Å². The van der Waals surface area contributed by atoms with Crippen LogP contribution in [-0.2, 0) is 24.1 Å². The molecule has 0 heterocycles. The van der Waals surface area contributed by atoms with Crippen molar-refractivity contribution in [1.82, 2.24) is 0 Å². The minimum absolute atomic E-state index is 0.0413. The summed E-state index contributed by atoms with van der Waals surface area (Å²) in [5.74, 6) is -0.210. The summed E-state index contributed by atoms with van der Waals surface area (Å²) in [5, 5.41) is 0. The molecule has 0 aliphatic heterocycles. The average Bonchev–Trinajstić information content (AvgIpc) is 3.07. The predicted molar refractivity (Wildman–Crippen MR) is 72.7 cm³/mol. The lowest BCUT2D eigenvalue weighted by Gasteiger charge is -2.14. The van der Waals surface area contributed by atoms with E-state index in [1.807, 2.05) is 0 Å². The highest BCUT2D eigenvalue weighted by Crippen LogP contribution is 2.50. The van der Waals surface area contributed by atoms with E-state index >= 15 is 0 Å². The molecule has 1 aliphatic carbocycles. The van der Waals surface area contributed by atoms with Crippen LogP contribution in [0.4, 0.5) is 0 Å². The smallest absolute Gasteiger partial charge is 0.306 e. The zero-order valence-electron chi connectivity index (χ0n) is 11.8. The number of esters is 1. The van der Waals surface area contributed by atoms with E-state index in [9.17, 15) is 13.2 Å². The van der Waals surface area contributed by atoms with Crippen LogP contribution in [0.5, 0.6) is 0 Å². The van der Waals surface area contributed by atoms with Gasteiger partial charge in [0.15, 0.2) is 9.84 Å². The fourth-order valence-electron chi connectivity index (χ4n) is 2.00. The Morgan fingerprint density at radius 1 is 1.26 bits per heavy atom. The van der Waals surface area contributed by atoms with Crippen molar-refractivity contribution in [3.63, 3.8) is 0 Å². The summed E-state index contributed by atoms with van der Waals surface area (Å²) in [6.45, 7) is 2.92. The van der Waals surface area contributed by atoms with Crippen LogP contribution in [0.25, 0.3) is 0 Å². The molecule has 0 aromatic rings. The van der Waals surface area contributed by atoms with Crippen LogP contribution >= 0.6 is 0 Å². The summed E-state index contributed by atoms with van der Waals surface area (Å²) in [4.78, 5) is 11.2. The van der Waals surface area contributed by atoms with Gasteiger partial charge in [0.25, 0.3) is 0 Å². The number of rotatable bonds is 10. The second-order valence-corrected chi connectivity index (χ2v) is 7.49. The minimum atomic E-state index is -3.15. The van der Waals surface area contributed by atoms with Crippen LogP contribution in [0.3, 0.4) is 0 Å². The van der Waals surface area contributed by atoms with Gasteiger partial charge in [-0.2, -0.15) is 0 Å². The Morgan fingerprint density at radius 3 is 2.47 bits per heavy atom. The maximum Gasteiger partial charge on any atom is 0.306 e. The first-order valence-electron chi connectivity index (χ1n) is 6.78. The molecule has 19 heavy (non-hydrogen) atoms. The van der Waals surface area contributed by atoms with Gasteiger partial charge in [-0.3, -0.25) is 4.79 Å². The normalized spacial score (nSPS) is 17.2. The highest BCUT2D eigenvalue weighted by molar-refractivity contribution is 7.91. The molecule has 0 saturated heterocycles. The van der Waals surface area contributed by atoms with Gasteiger partial charge in [-0.1, -0.05) is 13.3 Å². The number of methoxy groups -OCH3 is 1. The molecule has 1 saturated carbocycles. The third kappa shape index (κ3) is 6.38. The number of carbonyl (C=O) groups excluding carboxylic acids is 1. The lowest BCUT2D eigenvalue weighted by molar-refractivity contribution is -0.141. The Bertz CT molecular complexity index is 384. The third-order valence-corrected chi connectivity index (χ3v) is 5.25. The monoisotopic (exact) mass is 292 g/mol. The Hall–Kier alpha value is -0.620. The Balaban J connectivity index is 2.32. The van der Waals surface area contributed by atoms with Gasteiger partial charge in [-0.15, -0.1) is 0 Å². The standard InChI is InChI=1S/C13H24O5S/c1-3-4-7-18-8-9-19(15,16)11-13(5-6-13)10-12(14)17-2/h3-11H2,1-2H3. The first-order chi connectivity index (χ1) is 8.93. The summed E-state index contributed by atoms with van der Waals surface area (Å²) in [6, 6.07) is 0. The highest BCUT2D eigenvalue weighted by Gasteiger charge is 2.47.